The maximum absolute atomic E-state index is 11.1. The molecular weight excluding hydrogens is 219 g/mol. The summed E-state index contributed by atoms with van der Waals surface area (Å²) in [6.07, 6.45) is 2.03. The molecule has 0 atom stereocenters. The van der Waals surface area contributed by atoms with Crippen LogP contribution in [0.1, 0.15) is 6.42 Å². The van der Waals surface area contributed by atoms with Gasteiger partial charge in [0, 0.05) is 19.3 Å². The lowest BCUT2D eigenvalue weighted by molar-refractivity contribution is -0.128. The van der Waals surface area contributed by atoms with Crippen molar-refractivity contribution in [2.24, 2.45) is 0 Å². The molecule has 88 valence electrons. The van der Waals surface area contributed by atoms with E-state index >= 15 is 0 Å². The molecule has 1 fully saturated rings. The number of hydrogen-bond donors (Lipinski definition) is 0. The quantitative estimate of drug-likeness (QED) is 0.336. The van der Waals surface area contributed by atoms with Crippen molar-refractivity contribution in [3.05, 3.63) is 36.9 Å². The van der Waals surface area contributed by atoms with Crippen LogP contribution in [-0.4, -0.2) is 26.3 Å². The van der Waals surface area contributed by atoms with Crippen LogP contribution in [0, 0.1) is 0 Å². The van der Waals surface area contributed by atoms with Gasteiger partial charge in [-0.2, -0.15) is 0 Å². The van der Waals surface area contributed by atoms with Gasteiger partial charge < -0.3 is 14.0 Å². The molecule has 0 spiro atoms. The molecule has 1 aliphatic rings. The van der Waals surface area contributed by atoms with Crippen LogP contribution in [0.5, 0.6) is 5.75 Å². The highest BCUT2D eigenvalue weighted by Gasteiger charge is 2.24. The number of rotatable bonds is 3. The molecule has 0 bridgehead atoms. The van der Waals surface area contributed by atoms with Crippen LogP contribution in [-0.2, 0) is 14.1 Å². The largest absolute Gasteiger partial charge is 0.493 e. The first-order chi connectivity index (χ1) is 8.29. The Labute approximate surface area is 100 Å². The van der Waals surface area contributed by atoms with E-state index in [0.717, 1.165) is 18.0 Å². The van der Waals surface area contributed by atoms with E-state index in [1.165, 1.54) is 0 Å². The molecule has 0 aromatic heterocycles. The normalized spacial score (nSPS) is 15.4. The third-order valence-electron chi connectivity index (χ3n) is 2.34. The summed E-state index contributed by atoms with van der Waals surface area (Å²) < 4.78 is 16.0. The SMILES string of the molecule is C=CC(=O)Oc1cccc(B2OCCCO2)c1. The molecule has 0 saturated carbocycles. The van der Waals surface area contributed by atoms with E-state index in [4.69, 9.17) is 14.0 Å². The molecule has 5 heteroatoms. The topological polar surface area (TPSA) is 44.8 Å². The van der Waals surface area contributed by atoms with E-state index in [9.17, 15) is 4.79 Å². The molecule has 1 saturated heterocycles. The van der Waals surface area contributed by atoms with E-state index in [1.54, 1.807) is 18.2 Å². The fourth-order valence-electron chi connectivity index (χ4n) is 1.56. The van der Waals surface area contributed by atoms with Crippen molar-refractivity contribution >= 4 is 18.6 Å². The molecule has 17 heavy (non-hydrogen) atoms. The van der Waals surface area contributed by atoms with Crippen LogP contribution in [0.3, 0.4) is 0 Å². The van der Waals surface area contributed by atoms with E-state index in [2.05, 4.69) is 6.58 Å². The van der Waals surface area contributed by atoms with Gasteiger partial charge in [-0.05, 0) is 24.0 Å². The van der Waals surface area contributed by atoms with Crippen LogP contribution < -0.4 is 10.2 Å². The third kappa shape index (κ3) is 3.18. The Morgan fingerprint density at radius 2 is 2.18 bits per heavy atom. The third-order valence-corrected chi connectivity index (χ3v) is 2.34. The predicted molar refractivity (Wildman–Crippen MR) is 64.2 cm³/mol. The molecule has 1 aromatic rings. The summed E-state index contributed by atoms with van der Waals surface area (Å²) in [5.41, 5.74) is 0.846. The van der Waals surface area contributed by atoms with Crippen LogP contribution >= 0.6 is 0 Å². The summed E-state index contributed by atoms with van der Waals surface area (Å²) in [4.78, 5) is 11.1. The van der Waals surface area contributed by atoms with Gasteiger partial charge in [0.15, 0.2) is 0 Å². The average molecular weight is 232 g/mol. The summed E-state index contributed by atoms with van der Waals surface area (Å²) in [5, 5.41) is 0. The summed E-state index contributed by atoms with van der Waals surface area (Å²) in [7, 11) is -0.369. The van der Waals surface area contributed by atoms with E-state index in [1.807, 2.05) is 6.07 Å². The summed E-state index contributed by atoms with van der Waals surface area (Å²) >= 11 is 0. The lowest BCUT2D eigenvalue weighted by Crippen LogP contribution is -2.40. The molecule has 0 aliphatic carbocycles. The number of hydrogen-bond acceptors (Lipinski definition) is 4. The van der Waals surface area contributed by atoms with Gasteiger partial charge in [-0.3, -0.25) is 0 Å². The Bertz CT molecular complexity index is 413. The van der Waals surface area contributed by atoms with E-state index in [0.29, 0.717) is 19.0 Å². The van der Waals surface area contributed by atoms with Gasteiger partial charge in [0.05, 0.1) is 0 Å². The standard InChI is InChI=1S/C12H13BO4/c1-2-12(14)17-11-6-3-5-10(9-11)13-15-7-4-8-16-13/h2-3,5-6,9H,1,4,7-8H2. The lowest BCUT2D eigenvalue weighted by Gasteiger charge is -2.20. The van der Waals surface area contributed by atoms with Crippen molar-refractivity contribution in [3.63, 3.8) is 0 Å². The first kappa shape index (κ1) is 11.9. The van der Waals surface area contributed by atoms with Crippen molar-refractivity contribution in [2.45, 2.75) is 6.42 Å². The zero-order chi connectivity index (χ0) is 12.1. The Balaban J connectivity index is 2.10. The van der Waals surface area contributed by atoms with Crippen LogP contribution in [0.2, 0.25) is 0 Å². The second kappa shape index (κ2) is 5.66. The predicted octanol–water partition coefficient (Wildman–Crippen LogP) is 0.910. The Morgan fingerprint density at radius 3 is 2.88 bits per heavy atom. The number of carbonyl (C=O) groups is 1. The van der Waals surface area contributed by atoms with Gasteiger partial charge in [0.25, 0.3) is 0 Å². The maximum atomic E-state index is 11.1. The summed E-state index contributed by atoms with van der Waals surface area (Å²) in [6.45, 7) is 4.71. The van der Waals surface area contributed by atoms with Crippen molar-refractivity contribution in [2.75, 3.05) is 13.2 Å². The minimum atomic E-state index is -0.479. The number of benzene rings is 1. The lowest BCUT2D eigenvalue weighted by atomic mass is 9.78. The number of carbonyl (C=O) groups excluding carboxylic acids is 1. The van der Waals surface area contributed by atoms with Gasteiger partial charge >= 0.3 is 13.1 Å². The Morgan fingerprint density at radius 1 is 1.41 bits per heavy atom. The molecule has 0 unspecified atom stereocenters. The van der Waals surface area contributed by atoms with Crippen LogP contribution in [0.15, 0.2) is 36.9 Å². The van der Waals surface area contributed by atoms with Crippen LogP contribution in [0.4, 0.5) is 0 Å². The number of esters is 1. The molecule has 0 radical (unpaired) electrons. The van der Waals surface area contributed by atoms with Crippen molar-refractivity contribution < 1.29 is 18.8 Å². The minimum Gasteiger partial charge on any atom is -0.423 e. The zero-order valence-electron chi connectivity index (χ0n) is 9.43. The van der Waals surface area contributed by atoms with E-state index < -0.39 is 5.97 Å². The van der Waals surface area contributed by atoms with Gasteiger partial charge in [-0.1, -0.05) is 18.7 Å². The zero-order valence-corrected chi connectivity index (χ0v) is 9.43. The number of ether oxygens (including phenoxy) is 1. The smallest absolute Gasteiger partial charge is 0.423 e. The fraction of sp³-hybridized carbons (Fsp3) is 0.250. The first-order valence-electron chi connectivity index (χ1n) is 5.47. The summed E-state index contributed by atoms with van der Waals surface area (Å²) in [6, 6.07) is 7.11. The second-order valence-electron chi connectivity index (χ2n) is 3.62. The van der Waals surface area contributed by atoms with Gasteiger partial charge in [0.2, 0.25) is 0 Å². The maximum Gasteiger partial charge on any atom is 0.493 e. The van der Waals surface area contributed by atoms with Crippen molar-refractivity contribution in [1.82, 2.24) is 0 Å². The first-order valence-corrected chi connectivity index (χ1v) is 5.47. The van der Waals surface area contributed by atoms with Crippen LogP contribution in [0.25, 0.3) is 0 Å². The Hall–Kier alpha value is -1.59. The molecule has 1 aliphatic heterocycles. The van der Waals surface area contributed by atoms with Gasteiger partial charge in [-0.15, -0.1) is 0 Å². The highest BCUT2D eigenvalue weighted by molar-refractivity contribution is 6.61. The molecule has 1 heterocycles. The molecule has 4 nitrogen and oxygen atoms in total. The fourth-order valence-corrected chi connectivity index (χ4v) is 1.56. The highest BCUT2D eigenvalue weighted by Crippen LogP contribution is 2.10. The molecular formula is C12H13BO4. The van der Waals surface area contributed by atoms with Gasteiger partial charge in [-0.25, -0.2) is 4.79 Å². The van der Waals surface area contributed by atoms with Gasteiger partial charge in [0.1, 0.15) is 5.75 Å². The average Bonchev–Trinajstić information content (AvgIpc) is 2.40. The van der Waals surface area contributed by atoms with Crippen molar-refractivity contribution in [3.8, 4) is 5.75 Å². The second-order valence-corrected chi connectivity index (χ2v) is 3.62. The monoisotopic (exact) mass is 232 g/mol. The Kier molecular flexibility index (Phi) is 3.96. The van der Waals surface area contributed by atoms with E-state index in [-0.39, 0.29) is 7.12 Å². The molecule has 0 amide bonds. The molecule has 0 N–H and O–H groups in total. The molecule has 2 rings (SSSR count). The molecule has 1 aromatic carbocycles. The minimum absolute atomic E-state index is 0.369. The van der Waals surface area contributed by atoms with Crippen molar-refractivity contribution in [1.29, 1.82) is 0 Å². The highest BCUT2D eigenvalue weighted by atomic mass is 16.6. The summed E-state index contributed by atoms with van der Waals surface area (Å²) in [5.74, 6) is -0.0159.